The maximum atomic E-state index is 13.3. The highest BCUT2D eigenvalue weighted by Gasteiger charge is 2.35. The van der Waals surface area contributed by atoms with Crippen molar-refractivity contribution in [3.8, 4) is 11.5 Å². The van der Waals surface area contributed by atoms with Crippen molar-refractivity contribution in [2.75, 3.05) is 18.6 Å². The molecule has 0 saturated carbocycles. The number of methoxy groups -OCH3 is 1. The third kappa shape index (κ3) is 4.61. The van der Waals surface area contributed by atoms with Crippen LogP contribution in [0.5, 0.6) is 11.5 Å². The summed E-state index contributed by atoms with van der Waals surface area (Å²) in [4.78, 5) is 32.4. The molecule has 1 aromatic heterocycles. The zero-order valence-electron chi connectivity index (χ0n) is 18.5. The number of amides is 1. The molecule has 5 rings (SSSR count). The molecule has 2 aliphatic rings. The number of carbonyl (C=O) groups excluding carboxylic acids is 2. The summed E-state index contributed by atoms with van der Waals surface area (Å²) >= 11 is 6.99. The monoisotopic (exact) mass is 595 g/mol. The maximum Gasteiger partial charge on any atom is 0.251 e. The number of rotatable bonds is 5. The number of nitrogens with one attached hydrogen (secondary N) is 1. The van der Waals surface area contributed by atoms with Gasteiger partial charge in [-0.1, -0.05) is 12.1 Å². The van der Waals surface area contributed by atoms with Crippen LogP contribution in [0.25, 0.3) is 0 Å². The van der Waals surface area contributed by atoms with Crippen LogP contribution >= 0.6 is 31.9 Å². The first-order valence-electron chi connectivity index (χ1n) is 10.7. The molecule has 0 spiro atoms. The maximum absolute atomic E-state index is 13.3. The Balaban J connectivity index is 1.47. The van der Waals surface area contributed by atoms with E-state index in [0.29, 0.717) is 39.7 Å². The average molecular weight is 597 g/mol. The molecule has 3 aromatic rings. The number of ketones is 1. The Kier molecular flexibility index (Phi) is 6.44. The third-order valence-electron chi connectivity index (χ3n) is 5.67. The van der Waals surface area contributed by atoms with Crippen molar-refractivity contribution < 1.29 is 19.1 Å². The van der Waals surface area contributed by atoms with Crippen LogP contribution in [0.15, 0.2) is 93.3 Å². The van der Waals surface area contributed by atoms with E-state index in [1.807, 2.05) is 24.3 Å². The number of para-hydroxylation sites is 1. The number of halogens is 2. The summed E-state index contributed by atoms with van der Waals surface area (Å²) in [6.07, 6.45) is 4.68. The molecule has 0 radical (unpaired) electrons. The first-order chi connectivity index (χ1) is 16.9. The molecule has 0 aliphatic carbocycles. The van der Waals surface area contributed by atoms with Crippen molar-refractivity contribution in [2.24, 2.45) is 0 Å². The molecule has 1 unspecified atom stereocenters. The number of nitrogens with zero attached hydrogens (tertiary/aromatic N) is 2. The SMILES string of the molecule is COc1ccc(C(=O)NCC2=CC3Oc4ccccc4C(=O)C3=CN2c2ncc(Br)cc2Br)cc1. The highest BCUT2D eigenvalue weighted by atomic mass is 79.9. The molecule has 3 heterocycles. The minimum absolute atomic E-state index is 0.104. The Hall–Kier alpha value is -3.43. The van der Waals surface area contributed by atoms with Crippen LogP contribution in [0.3, 0.4) is 0 Å². The molecular formula is C26H19Br2N3O4. The average Bonchev–Trinajstić information content (AvgIpc) is 2.87. The number of benzene rings is 2. The quantitative estimate of drug-likeness (QED) is 0.432. The first-order valence-corrected chi connectivity index (χ1v) is 12.3. The fourth-order valence-corrected chi connectivity index (χ4v) is 5.09. The molecule has 1 N–H and O–H groups in total. The number of Topliss-reactive ketones (excluding diaryl/α,β-unsaturated/α-hetero) is 1. The lowest BCUT2D eigenvalue weighted by Gasteiger charge is -2.34. The molecule has 1 atom stereocenters. The molecule has 7 nitrogen and oxygen atoms in total. The molecule has 2 aliphatic heterocycles. The summed E-state index contributed by atoms with van der Waals surface area (Å²) < 4.78 is 12.8. The van der Waals surface area contributed by atoms with E-state index in [-0.39, 0.29) is 18.2 Å². The molecule has 0 saturated heterocycles. The van der Waals surface area contributed by atoms with E-state index >= 15 is 0 Å². The number of carbonyl (C=O) groups is 2. The lowest BCUT2D eigenvalue weighted by molar-refractivity contribution is 0.0950. The molecule has 1 amide bonds. The third-order valence-corrected chi connectivity index (χ3v) is 6.69. The second-order valence-corrected chi connectivity index (χ2v) is 9.62. The molecular weight excluding hydrogens is 578 g/mol. The zero-order chi connectivity index (χ0) is 24.5. The summed E-state index contributed by atoms with van der Waals surface area (Å²) in [5.74, 6) is 1.44. The zero-order valence-corrected chi connectivity index (χ0v) is 21.7. The minimum Gasteiger partial charge on any atom is -0.497 e. The summed E-state index contributed by atoms with van der Waals surface area (Å²) in [6, 6.07) is 15.9. The fraction of sp³-hybridized carbons (Fsp3) is 0.115. The highest BCUT2D eigenvalue weighted by molar-refractivity contribution is 9.11. The number of hydrogen-bond donors (Lipinski definition) is 1. The van der Waals surface area contributed by atoms with Crippen LogP contribution in [0.4, 0.5) is 5.82 Å². The van der Waals surface area contributed by atoms with Crippen molar-refractivity contribution in [1.29, 1.82) is 0 Å². The lowest BCUT2D eigenvalue weighted by atomic mass is 9.93. The summed E-state index contributed by atoms with van der Waals surface area (Å²) in [5.41, 5.74) is 2.22. The van der Waals surface area contributed by atoms with E-state index in [2.05, 4.69) is 42.2 Å². The van der Waals surface area contributed by atoms with Gasteiger partial charge in [0.2, 0.25) is 0 Å². The van der Waals surface area contributed by atoms with Crippen molar-refractivity contribution in [2.45, 2.75) is 6.10 Å². The fourth-order valence-electron chi connectivity index (χ4n) is 3.92. The van der Waals surface area contributed by atoms with Gasteiger partial charge < -0.3 is 19.7 Å². The van der Waals surface area contributed by atoms with Crippen molar-refractivity contribution in [1.82, 2.24) is 10.3 Å². The molecule has 0 bridgehead atoms. The van der Waals surface area contributed by atoms with Crippen LogP contribution in [-0.2, 0) is 0 Å². The molecule has 0 fully saturated rings. The summed E-state index contributed by atoms with van der Waals surface area (Å²) in [5, 5.41) is 2.95. The summed E-state index contributed by atoms with van der Waals surface area (Å²) in [7, 11) is 1.58. The Labute approximate surface area is 218 Å². The van der Waals surface area contributed by atoms with E-state index in [1.54, 1.807) is 60.8 Å². The molecule has 176 valence electrons. The van der Waals surface area contributed by atoms with Gasteiger partial charge in [0, 0.05) is 28.1 Å². The van der Waals surface area contributed by atoms with E-state index in [9.17, 15) is 9.59 Å². The van der Waals surface area contributed by atoms with Crippen LogP contribution < -0.4 is 19.7 Å². The minimum atomic E-state index is -0.573. The van der Waals surface area contributed by atoms with Gasteiger partial charge in [-0.15, -0.1) is 0 Å². The number of ether oxygens (including phenoxy) is 2. The van der Waals surface area contributed by atoms with Gasteiger partial charge in [-0.05, 0) is 80.4 Å². The summed E-state index contributed by atoms with van der Waals surface area (Å²) in [6.45, 7) is 0.189. The Morgan fingerprint density at radius 2 is 1.94 bits per heavy atom. The van der Waals surface area contributed by atoms with E-state index in [0.717, 1.165) is 8.95 Å². The van der Waals surface area contributed by atoms with Gasteiger partial charge in [-0.25, -0.2) is 4.98 Å². The van der Waals surface area contributed by atoms with Crippen LogP contribution in [0.1, 0.15) is 20.7 Å². The van der Waals surface area contributed by atoms with Gasteiger partial charge in [-0.2, -0.15) is 0 Å². The predicted octanol–water partition coefficient (Wildman–Crippen LogP) is 5.28. The van der Waals surface area contributed by atoms with Crippen LogP contribution in [-0.4, -0.2) is 36.4 Å². The second kappa shape index (κ2) is 9.67. The first kappa shape index (κ1) is 23.3. The van der Waals surface area contributed by atoms with Crippen molar-refractivity contribution in [3.63, 3.8) is 0 Å². The van der Waals surface area contributed by atoms with Gasteiger partial charge in [0.1, 0.15) is 17.6 Å². The normalized spacial score (nSPS) is 16.4. The Morgan fingerprint density at radius 3 is 2.69 bits per heavy atom. The van der Waals surface area contributed by atoms with E-state index in [4.69, 9.17) is 9.47 Å². The smallest absolute Gasteiger partial charge is 0.251 e. The molecule has 35 heavy (non-hydrogen) atoms. The molecule has 9 heteroatoms. The standard InChI is InChI=1S/C26H19Br2N3O4/c1-34-18-8-6-15(7-9-18)26(33)30-13-17-11-23-20(24(32)19-4-2-3-5-22(19)35-23)14-31(17)25-21(28)10-16(27)12-29-25/h2-12,14,23H,13H2,1H3,(H,30,33). The van der Waals surface area contributed by atoms with Gasteiger partial charge in [0.15, 0.2) is 11.6 Å². The number of fused-ring (bicyclic) bond motifs is 2. The number of aromatic nitrogens is 1. The van der Waals surface area contributed by atoms with E-state index in [1.165, 1.54) is 0 Å². The molecule has 2 aromatic carbocycles. The van der Waals surface area contributed by atoms with Gasteiger partial charge in [0.05, 0.1) is 29.3 Å². The second-order valence-electron chi connectivity index (χ2n) is 7.85. The number of hydrogen-bond acceptors (Lipinski definition) is 6. The Morgan fingerprint density at radius 1 is 1.17 bits per heavy atom. The van der Waals surface area contributed by atoms with Crippen LogP contribution in [0.2, 0.25) is 0 Å². The Bertz CT molecular complexity index is 1390. The number of pyridine rings is 1. The van der Waals surface area contributed by atoms with Crippen molar-refractivity contribution >= 4 is 49.4 Å². The van der Waals surface area contributed by atoms with E-state index < -0.39 is 6.10 Å². The largest absolute Gasteiger partial charge is 0.497 e. The predicted molar refractivity (Wildman–Crippen MR) is 139 cm³/mol. The van der Waals surface area contributed by atoms with Crippen molar-refractivity contribution in [3.05, 3.63) is 104 Å². The van der Waals surface area contributed by atoms with Gasteiger partial charge in [-0.3, -0.25) is 9.59 Å². The topological polar surface area (TPSA) is 80.8 Å². The number of anilines is 1. The lowest BCUT2D eigenvalue weighted by Crippen LogP contribution is -2.39. The van der Waals surface area contributed by atoms with Gasteiger partial charge in [0.25, 0.3) is 5.91 Å². The highest BCUT2D eigenvalue weighted by Crippen LogP contribution is 2.37. The van der Waals surface area contributed by atoms with Crippen LogP contribution in [0, 0.1) is 0 Å². The van der Waals surface area contributed by atoms with Gasteiger partial charge >= 0.3 is 0 Å².